The Kier molecular flexibility index (Phi) is 5.35. The van der Waals surface area contributed by atoms with Crippen molar-refractivity contribution in [1.29, 1.82) is 5.26 Å². The maximum atomic E-state index is 13.3. The van der Waals surface area contributed by atoms with E-state index in [1.807, 2.05) is 6.07 Å². The van der Waals surface area contributed by atoms with E-state index in [0.29, 0.717) is 41.3 Å². The summed E-state index contributed by atoms with van der Waals surface area (Å²) >= 11 is 0. The molecule has 2 N–H and O–H groups in total. The number of hydrogen-bond donors (Lipinski definition) is 2. The largest absolute Gasteiger partial charge is 0.495 e. The number of benzene rings is 1. The predicted octanol–water partition coefficient (Wildman–Crippen LogP) is 2.33. The summed E-state index contributed by atoms with van der Waals surface area (Å²) in [7, 11) is 3.15. The molecule has 0 aliphatic carbocycles. The molecule has 3 rings (SSSR count). The minimum atomic E-state index is -0.966. The molecule has 1 fully saturated rings. The van der Waals surface area contributed by atoms with E-state index in [4.69, 9.17) is 10.00 Å². The minimum Gasteiger partial charge on any atom is -0.495 e. The Labute approximate surface area is 156 Å². The summed E-state index contributed by atoms with van der Waals surface area (Å²) in [4.78, 5) is 22.3. The van der Waals surface area contributed by atoms with Crippen LogP contribution >= 0.6 is 0 Å². The maximum Gasteiger partial charge on any atom is 0.254 e. The van der Waals surface area contributed by atoms with E-state index < -0.39 is 6.17 Å². The lowest BCUT2D eigenvalue weighted by atomic mass is 10.1. The summed E-state index contributed by atoms with van der Waals surface area (Å²) in [6.45, 7) is 0.529. The van der Waals surface area contributed by atoms with Crippen molar-refractivity contribution >= 4 is 23.4 Å². The monoisotopic (exact) mass is 370 g/mol. The van der Waals surface area contributed by atoms with Crippen molar-refractivity contribution in [2.45, 2.75) is 12.6 Å². The Morgan fingerprint density at radius 2 is 2.30 bits per heavy atom. The quantitative estimate of drug-likeness (QED) is 0.832. The van der Waals surface area contributed by atoms with Crippen LogP contribution < -0.4 is 15.4 Å². The lowest BCUT2D eigenvalue weighted by Gasteiger charge is -2.17. The van der Waals surface area contributed by atoms with Crippen LogP contribution in [0.3, 0.4) is 0 Å². The number of likely N-dealkylation sites (tertiary alicyclic amines) is 1. The molecule has 0 spiro atoms. The van der Waals surface area contributed by atoms with Gasteiger partial charge in [0.05, 0.1) is 25.5 Å². The van der Waals surface area contributed by atoms with Crippen molar-refractivity contribution in [2.75, 3.05) is 37.9 Å². The molecule has 27 heavy (non-hydrogen) atoms. The van der Waals surface area contributed by atoms with Gasteiger partial charge in [-0.1, -0.05) is 0 Å². The van der Waals surface area contributed by atoms with Gasteiger partial charge in [0.15, 0.2) is 0 Å². The number of nitriles is 1. The Morgan fingerprint density at radius 3 is 2.93 bits per heavy atom. The third kappa shape index (κ3) is 3.89. The number of methoxy groups -OCH3 is 1. The van der Waals surface area contributed by atoms with Gasteiger partial charge in [0.1, 0.15) is 29.4 Å². The number of amides is 1. The van der Waals surface area contributed by atoms with E-state index in [9.17, 15) is 9.18 Å². The van der Waals surface area contributed by atoms with Crippen LogP contribution in [0, 0.1) is 11.3 Å². The van der Waals surface area contributed by atoms with Crippen LogP contribution in [0.15, 0.2) is 24.4 Å². The highest BCUT2D eigenvalue weighted by Gasteiger charge is 2.27. The summed E-state index contributed by atoms with van der Waals surface area (Å²) in [6.07, 6.45) is 0.810. The van der Waals surface area contributed by atoms with Gasteiger partial charge in [-0.15, -0.1) is 0 Å². The minimum absolute atomic E-state index is 0.118. The van der Waals surface area contributed by atoms with E-state index in [1.165, 1.54) is 18.2 Å². The van der Waals surface area contributed by atoms with Crippen molar-refractivity contribution in [3.8, 4) is 11.8 Å². The summed E-state index contributed by atoms with van der Waals surface area (Å²) in [5.41, 5.74) is 1.31. The first-order valence-electron chi connectivity index (χ1n) is 8.39. The molecule has 1 aliphatic rings. The summed E-state index contributed by atoms with van der Waals surface area (Å²) in [6, 6.07) is 6.91. The zero-order chi connectivity index (χ0) is 19.4. The zero-order valence-electron chi connectivity index (χ0n) is 15.0. The van der Waals surface area contributed by atoms with Crippen LogP contribution in [0.2, 0.25) is 0 Å². The van der Waals surface area contributed by atoms with Crippen molar-refractivity contribution in [3.05, 3.63) is 35.5 Å². The molecule has 1 aliphatic heterocycles. The molecule has 1 aromatic carbocycles. The van der Waals surface area contributed by atoms with Crippen LogP contribution in [0.4, 0.5) is 21.8 Å². The van der Waals surface area contributed by atoms with Crippen molar-refractivity contribution in [2.24, 2.45) is 0 Å². The number of nitrogens with zero attached hydrogens (tertiary/aromatic N) is 4. The highest BCUT2D eigenvalue weighted by molar-refractivity contribution is 5.95. The summed E-state index contributed by atoms with van der Waals surface area (Å²) in [5, 5.41) is 14.9. The van der Waals surface area contributed by atoms with Gasteiger partial charge < -0.3 is 20.3 Å². The van der Waals surface area contributed by atoms with E-state index in [-0.39, 0.29) is 18.4 Å². The average molecular weight is 370 g/mol. The van der Waals surface area contributed by atoms with Crippen molar-refractivity contribution in [3.63, 3.8) is 0 Å². The van der Waals surface area contributed by atoms with E-state index in [0.717, 1.165) is 0 Å². The SMILES string of the molecule is CNc1nc(Nc2ccc(C(=O)N3CC[C@@H](F)C3)cc2OC)ncc1C#N. The van der Waals surface area contributed by atoms with Gasteiger partial charge in [0.2, 0.25) is 5.95 Å². The van der Waals surface area contributed by atoms with Gasteiger partial charge in [0, 0.05) is 19.2 Å². The lowest BCUT2D eigenvalue weighted by molar-refractivity contribution is 0.0782. The van der Waals surface area contributed by atoms with Crippen LogP contribution in [-0.2, 0) is 0 Å². The molecule has 0 unspecified atom stereocenters. The fraction of sp³-hybridized carbons (Fsp3) is 0.333. The number of halogens is 1. The number of rotatable bonds is 5. The number of ether oxygens (including phenoxy) is 1. The molecule has 1 amide bonds. The molecule has 1 aromatic heterocycles. The van der Waals surface area contributed by atoms with E-state index >= 15 is 0 Å². The predicted molar refractivity (Wildman–Crippen MR) is 98.0 cm³/mol. The molecule has 2 heterocycles. The summed E-state index contributed by atoms with van der Waals surface area (Å²) in [5.74, 6) is 0.869. The normalized spacial score (nSPS) is 15.9. The number of alkyl halides is 1. The van der Waals surface area contributed by atoms with Gasteiger partial charge in [-0.25, -0.2) is 9.37 Å². The highest BCUT2D eigenvalue weighted by atomic mass is 19.1. The third-order valence-electron chi connectivity index (χ3n) is 4.26. The first kappa shape index (κ1) is 18.4. The molecule has 9 heteroatoms. The molecular weight excluding hydrogens is 351 g/mol. The summed E-state index contributed by atoms with van der Waals surface area (Å²) < 4.78 is 18.7. The third-order valence-corrected chi connectivity index (χ3v) is 4.26. The average Bonchev–Trinajstić information content (AvgIpc) is 3.13. The van der Waals surface area contributed by atoms with Gasteiger partial charge in [-0.3, -0.25) is 4.79 Å². The maximum absolute atomic E-state index is 13.3. The highest BCUT2D eigenvalue weighted by Crippen LogP contribution is 2.29. The van der Waals surface area contributed by atoms with Gasteiger partial charge in [-0.05, 0) is 24.6 Å². The van der Waals surface area contributed by atoms with Crippen molar-refractivity contribution in [1.82, 2.24) is 14.9 Å². The smallest absolute Gasteiger partial charge is 0.254 e. The number of nitrogens with one attached hydrogen (secondary N) is 2. The molecule has 8 nitrogen and oxygen atoms in total. The van der Waals surface area contributed by atoms with Gasteiger partial charge in [0.25, 0.3) is 5.91 Å². The van der Waals surface area contributed by atoms with Gasteiger partial charge in [-0.2, -0.15) is 10.2 Å². The number of carbonyl (C=O) groups excluding carboxylic acids is 1. The number of carbonyl (C=O) groups is 1. The zero-order valence-corrected chi connectivity index (χ0v) is 15.0. The molecule has 0 radical (unpaired) electrons. The molecule has 140 valence electrons. The second-order valence-electron chi connectivity index (χ2n) is 5.99. The van der Waals surface area contributed by atoms with Crippen molar-refractivity contribution < 1.29 is 13.9 Å². The second kappa shape index (κ2) is 7.86. The Morgan fingerprint density at radius 1 is 1.48 bits per heavy atom. The Hall–Kier alpha value is -3.41. The van der Waals surface area contributed by atoms with Crippen LogP contribution in [0.25, 0.3) is 0 Å². The first-order valence-corrected chi connectivity index (χ1v) is 8.39. The van der Waals surface area contributed by atoms with Crippen LogP contribution in [0.1, 0.15) is 22.3 Å². The van der Waals surface area contributed by atoms with E-state index in [2.05, 4.69) is 20.6 Å². The number of anilines is 3. The van der Waals surface area contributed by atoms with Crippen LogP contribution in [0.5, 0.6) is 5.75 Å². The molecule has 2 aromatic rings. The molecule has 0 bridgehead atoms. The number of aromatic nitrogens is 2. The standard InChI is InChI=1S/C18H19FN6O2/c1-21-16-12(8-20)9-22-18(24-16)23-14-4-3-11(7-15(14)27-2)17(26)25-6-5-13(19)10-25/h3-4,7,9,13H,5-6,10H2,1-2H3,(H2,21,22,23,24)/t13-/m1/s1. The van der Waals surface area contributed by atoms with Crippen LogP contribution in [-0.4, -0.2) is 54.2 Å². The number of hydrogen-bond acceptors (Lipinski definition) is 7. The Balaban J connectivity index is 1.83. The topological polar surface area (TPSA) is 103 Å². The van der Waals surface area contributed by atoms with Gasteiger partial charge >= 0.3 is 0 Å². The fourth-order valence-electron chi connectivity index (χ4n) is 2.85. The van der Waals surface area contributed by atoms with E-state index in [1.54, 1.807) is 25.2 Å². The second-order valence-corrected chi connectivity index (χ2v) is 5.99. The Bertz CT molecular complexity index is 898. The molecule has 0 saturated carbocycles. The molecule has 1 saturated heterocycles. The molecule has 1 atom stereocenters. The molecular formula is C18H19FN6O2. The first-order chi connectivity index (χ1) is 13.0. The fourth-order valence-corrected chi connectivity index (χ4v) is 2.85. The lowest BCUT2D eigenvalue weighted by Crippen LogP contribution is -2.28.